The maximum Gasteiger partial charge on any atom is 0.155 e. The van der Waals surface area contributed by atoms with Gasteiger partial charge in [0.15, 0.2) is 21.3 Å². The van der Waals surface area contributed by atoms with Gasteiger partial charge in [-0.15, -0.1) is 0 Å². The molecule has 1 aliphatic rings. The summed E-state index contributed by atoms with van der Waals surface area (Å²) in [4.78, 5) is 4.43. The van der Waals surface area contributed by atoms with Gasteiger partial charge in [-0.2, -0.15) is 5.10 Å². The average molecular weight is 280 g/mol. The zero-order valence-electron chi connectivity index (χ0n) is 10.5. The summed E-state index contributed by atoms with van der Waals surface area (Å²) >= 11 is 0. The van der Waals surface area contributed by atoms with Crippen LogP contribution in [0.25, 0.3) is 5.65 Å². The van der Waals surface area contributed by atoms with Crippen molar-refractivity contribution in [2.75, 3.05) is 11.5 Å². The molecule has 1 saturated heterocycles. The lowest BCUT2D eigenvalue weighted by Gasteiger charge is -2.02. The summed E-state index contributed by atoms with van der Waals surface area (Å²) in [5, 5.41) is 4.43. The van der Waals surface area contributed by atoms with Gasteiger partial charge in [0.2, 0.25) is 0 Å². The molecular weight excluding hydrogens is 264 g/mol. The largest absolute Gasteiger partial charge is 0.325 e. The van der Waals surface area contributed by atoms with E-state index in [0.717, 1.165) is 11.3 Å². The summed E-state index contributed by atoms with van der Waals surface area (Å²) in [6.07, 6.45) is 1.33. The topological polar surface area (TPSA) is 90.3 Å². The lowest BCUT2D eigenvalue weighted by Crippen LogP contribution is -2.09. The van der Waals surface area contributed by atoms with E-state index in [1.54, 1.807) is 4.52 Å². The Bertz CT molecular complexity index is 708. The zero-order valence-corrected chi connectivity index (χ0v) is 11.3. The highest BCUT2D eigenvalue weighted by atomic mass is 32.2. The fraction of sp³-hybridized carbons (Fsp3) is 0.500. The van der Waals surface area contributed by atoms with Crippen molar-refractivity contribution in [3.05, 3.63) is 29.7 Å². The van der Waals surface area contributed by atoms with E-state index in [-0.39, 0.29) is 11.7 Å². The van der Waals surface area contributed by atoms with E-state index in [9.17, 15) is 8.42 Å². The molecule has 2 aromatic heterocycles. The van der Waals surface area contributed by atoms with Gasteiger partial charge in [-0.05, 0) is 24.5 Å². The molecule has 0 aromatic carbocycles. The predicted molar refractivity (Wildman–Crippen MR) is 71.3 cm³/mol. The summed E-state index contributed by atoms with van der Waals surface area (Å²) in [5.74, 6) is 1.39. The van der Waals surface area contributed by atoms with Gasteiger partial charge in [0.25, 0.3) is 0 Å². The Hall–Kier alpha value is -1.47. The van der Waals surface area contributed by atoms with Crippen LogP contribution in [0, 0.1) is 5.92 Å². The molecule has 3 heterocycles. The molecule has 1 aliphatic heterocycles. The van der Waals surface area contributed by atoms with Crippen LogP contribution in [0.15, 0.2) is 18.2 Å². The second kappa shape index (κ2) is 4.57. The van der Waals surface area contributed by atoms with Crippen molar-refractivity contribution in [3.63, 3.8) is 0 Å². The third kappa shape index (κ3) is 2.48. The Kier molecular flexibility index (Phi) is 3.02. The standard InChI is InChI=1S/C12H16N4O2S/c13-7-10-2-1-3-12-14-11(15-16(10)12)6-9-4-5-19(17,18)8-9/h1-3,9H,4-8,13H2. The molecule has 7 heteroatoms. The van der Waals surface area contributed by atoms with Crippen molar-refractivity contribution in [3.8, 4) is 0 Å². The molecule has 1 unspecified atom stereocenters. The normalized spacial score (nSPS) is 22.1. The van der Waals surface area contributed by atoms with Crippen molar-refractivity contribution in [1.29, 1.82) is 0 Å². The zero-order chi connectivity index (χ0) is 13.5. The van der Waals surface area contributed by atoms with E-state index < -0.39 is 9.84 Å². The highest BCUT2D eigenvalue weighted by Gasteiger charge is 2.28. The molecule has 0 bridgehead atoms. The Labute approximate surface area is 111 Å². The Balaban J connectivity index is 1.86. The van der Waals surface area contributed by atoms with Crippen molar-refractivity contribution in [1.82, 2.24) is 14.6 Å². The molecule has 0 aliphatic carbocycles. The molecule has 1 atom stereocenters. The van der Waals surface area contributed by atoms with Crippen LogP contribution in [0.4, 0.5) is 0 Å². The van der Waals surface area contributed by atoms with Crippen LogP contribution in [0.1, 0.15) is 17.9 Å². The number of fused-ring (bicyclic) bond motifs is 1. The molecule has 2 N–H and O–H groups in total. The summed E-state index contributed by atoms with van der Waals surface area (Å²) in [7, 11) is -2.84. The molecule has 1 fully saturated rings. The van der Waals surface area contributed by atoms with E-state index in [4.69, 9.17) is 5.73 Å². The first-order chi connectivity index (χ1) is 9.07. The maximum absolute atomic E-state index is 11.4. The third-order valence-electron chi connectivity index (χ3n) is 3.49. The van der Waals surface area contributed by atoms with E-state index in [0.29, 0.717) is 31.0 Å². The SMILES string of the molecule is NCc1cccc2nc(CC3CCS(=O)(=O)C3)nn12. The molecule has 6 nitrogen and oxygen atoms in total. The van der Waals surface area contributed by atoms with Crippen molar-refractivity contribution >= 4 is 15.5 Å². The minimum Gasteiger partial charge on any atom is -0.325 e. The fourth-order valence-electron chi connectivity index (χ4n) is 2.54. The second-order valence-corrected chi connectivity index (χ2v) is 7.22. The first kappa shape index (κ1) is 12.6. The summed E-state index contributed by atoms with van der Waals surface area (Å²) < 4.78 is 24.6. The van der Waals surface area contributed by atoms with Crippen LogP contribution in [0.3, 0.4) is 0 Å². The predicted octanol–water partition coefficient (Wildman–Crippen LogP) is 0.165. The lowest BCUT2D eigenvalue weighted by molar-refractivity contribution is 0.568. The van der Waals surface area contributed by atoms with E-state index in [1.807, 2.05) is 18.2 Å². The number of aromatic nitrogens is 3. The van der Waals surface area contributed by atoms with Crippen LogP contribution in [-0.4, -0.2) is 34.5 Å². The van der Waals surface area contributed by atoms with Crippen LogP contribution < -0.4 is 5.73 Å². The maximum atomic E-state index is 11.4. The van der Waals surface area contributed by atoms with Crippen molar-refractivity contribution < 1.29 is 8.42 Å². The van der Waals surface area contributed by atoms with Gasteiger partial charge < -0.3 is 5.73 Å². The van der Waals surface area contributed by atoms with Crippen LogP contribution in [0.2, 0.25) is 0 Å². The van der Waals surface area contributed by atoms with Crippen LogP contribution >= 0.6 is 0 Å². The average Bonchev–Trinajstić information content (AvgIpc) is 2.91. The van der Waals surface area contributed by atoms with Gasteiger partial charge >= 0.3 is 0 Å². The number of rotatable bonds is 3. The highest BCUT2D eigenvalue weighted by Crippen LogP contribution is 2.21. The number of nitrogens with two attached hydrogens (primary N) is 1. The van der Waals surface area contributed by atoms with E-state index in [1.165, 1.54) is 0 Å². The van der Waals surface area contributed by atoms with Crippen molar-refractivity contribution in [2.24, 2.45) is 11.7 Å². The van der Waals surface area contributed by atoms with Gasteiger partial charge in [0, 0.05) is 13.0 Å². The molecular formula is C12H16N4O2S. The molecule has 0 spiro atoms. The van der Waals surface area contributed by atoms with Gasteiger partial charge in [-0.25, -0.2) is 17.9 Å². The monoisotopic (exact) mass is 280 g/mol. The molecule has 102 valence electrons. The quantitative estimate of drug-likeness (QED) is 0.865. The van der Waals surface area contributed by atoms with Crippen LogP contribution in [0.5, 0.6) is 0 Å². The molecule has 0 amide bonds. The highest BCUT2D eigenvalue weighted by molar-refractivity contribution is 7.91. The summed E-state index contributed by atoms with van der Waals surface area (Å²) in [6, 6.07) is 5.68. The minimum absolute atomic E-state index is 0.142. The number of sulfone groups is 1. The fourth-order valence-corrected chi connectivity index (χ4v) is 4.40. The number of hydrogen-bond donors (Lipinski definition) is 1. The Morgan fingerprint density at radius 3 is 2.95 bits per heavy atom. The molecule has 19 heavy (non-hydrogen) atoms. The van der Waals surface area contributed by atoms with E-state index in [2.05, 4.69) is 10.1 Å². The summed E-state index contributed by atoms with van der Waals surface area (Å²) in [5.41, 5.74) is 7.32. The van der Waals surface area contributed by atoms with Gasteiger partial charge in [-0.3, -0.25) is 0 Å². The Morgan fingerprint density at radius 1 is 1.42 bits per heavy atom. The van der Waals surface area contributed by atoms with Gasteiger partial charge in [0.1, 0.15) is 0 Å². The second-order valence-electron chi connectivity index (χ2n) is 4.99. The van der Waals surface area contributed by atoms with Gasteiger partial charge in [-0.1, -0.05) is 6.07 Å². The Morgan fingerprint density at radius 2 is 2.26 bits per heavy atom. The molecule has 3 rings (SSSR count). The molecule has 0 radical (unpaired) electrons. The van der Waals surface area contributed by atoms with Crippen molar-refractivity contribution in [2.45, 2.75) is 19.4 Å². The molecule has 2 aromatic rings. The van der Waals surface area contributed by atoms with Gasteiger partial charge in [0.05, 0.1) is 17.2 Å². The lowest BCUT2D eigenvalue weighted by atomic mass is 10.1. The van der Waals surface area contributed by atoms with Crippen LogP contribution in [-0.2, 0) is 22.8 Å². The third-order valence-corrected chi connectivity index (χ3v) is 5.33. The summed E-state index contributed by atoms with van der Waals surface area (Å²) in [6.45, 7) is 0.401. The minimum atomic E-state index is -2.84. The number of pyridine rings is 1. The first-order valence-electron chi connectivity index (χ1n) is 6.31. The number of hydrogen-bond acceptors (Lipinski definition) is 5. The molecule has 0 saturated carbocycles. The smallest absolute Gasteiger partial charge is 0.155 e. The number of nitrogens with zero attached hydrogens (tertiary/aromatic N) is 3. The van der Waals surface area contributed by atoms with E-state index >= 15 is 0 Å². The first-order valence-corrected chi connectivity index (χ1v) is 8.13.